The van der Waals surface area contributed by atoms with Crippen molar-refractivity contribution in [3.05, 3.63) is 64.7 Å². The Balaban J connectivity index is 1.97. The van der Waals surface area contributed by atoms with Crippen LogP contribution in [0.5, 0.6) is 5.75 Å². The molecule has 1 aliphatic heterocycles. The van der Waals surface area contributed by atoms with E-state index in [1.165, 1.54) is 0 Å². The molecule has 0 radical (unpaired) electrons. The van der Waals surface area contributed by atoms with Gasteiger partial charge in [0, 0.05) is 11.1 Å². The quantitative estimate of drug-likeness (QED) is 0.609. The molecule has 88 valence electrons. The van der Waals surface area contributed by atoms with Crippen LogP contribution in [0.25, 0.3) is 0 Å². The maximum atomic E-state index is 12.3. The first kappa shape index (κ1) is 10.7. The average Bonchev–Trinajstić information content (AvgIpc) is 2.80. The summed E-state index contributed by atoms with van der Waals surface area (Å²) < 4.78 is 5.42. The minimum Gasteiger partial charge on any atom is -0.488 e. The van der Waals surface area contributed by atoms with Gasteiger partial charge in [-0.1, -0.05) is 30.3 Å². The number of benzene rings is 2. The van der Waals surface area contributed by atoms with Gasteiger partial charge in [-0.15, -0.1) is 0 Å². The molecular formula is C15H10O3. The Kier molecular flexibility index (Phi) is 2.45. The van der Waals surface area contributed by atoms with E-state index in [4.69, 9.17) is 4.74 Å². The van der Waals surface area contributed by atoms with Crippen molar-refractivity contribution < 1.29 is 14.3 Å². The van der Waals surface area contributed by atoms with Gasteiger partial charge in [-0.05, 0) is 17.7 Å². The molecule has 0 aliphatic carbocycles. The highest BCUT2D eigenvalue weighted by Gasteiger charge is 2.19. The van der Waals surface area contributed by atoms with Crippen molar-refractivity contribution >= 4 is 12.1 Å². The van der Waals surface area contributed by atoms with E-state index < -0.39 is 0 Å². The Morgan fingerprint density at radius 3 is 2.61 bits per heavy atom. The maximum absolute atomic E-state index is 12.3. The molecule has 1 heterocycles. The lowest BCUT2D eigenvalue weighted by molar-refractivity contribution is 0.103. The SMILES string of the molecule is O=Cc1ccc(C(=O)c2ccc3cc2OC3)cc1. The van der Waals surface area contributed by atoms with Crippen molar-refractivity contribution in [3.63, 3.8) is 0 Å². The molecule has 0 saturated carbocycles. The topological polar surface area (TPSA) is 43.4 Å². The smallest absolute Gasteiger partial charge is 0.196 e. The standard InChI is InChI=1S/C15H10O3/c16-8-10-1-4-12(5-2-10)15(17)13-6-3-11-7-14(13)18-9-11/h1-8H,9H2. The first-order valence-electron chi connectivity index (χ1n) is 5.63. The minimum absolute atomic E-state index is 0.0871. The van der Waals surface area contributed by atoms with Crippen molar-refractivity contribution in [2.45, 2.75) is 6.61 Å². The van der Waals surface area contributed by atoms with E-state index in [-0.39, 0.29) is 5.78 Å². The fourth-order valence-corrected chi connectivity index (χ4v) is 1.99. The number of fused-ring (bicyclic) bond motifs is 2. The van der Waals surface area contributed by atoms with E-state index in [9.17, 15) is 9.59 Å². The fraction of sp³-hybridized carbons (Fsp3) is 0.0667. The number of rotatable bonds is 3. The van der Waals surface area contributed by atoms with E-state index >= 15 is 0 Å². The van der Waals surface area contributed by atoms with E-state index in [0.29, 0.717) is 29.0 Å². The number of hydrogen-bond acceptors (Lipinski definition) is 3. The van der Waals surface area contributed by atoms with Crippen LogP contribution in [-0.4, -0.2) is 12.1 Å². The van der Waals surface area contributed by atoms with Gasteiger partial charge in [-0.2, -0.15) is 0 Å². The molecule has 0 saturated heterocycles. The van der Waals surface area contributed by atoms with Crippen LogP contribution in [0.3, 0.4) is 0 Å². The zero-order chi connectivity index (χ0) is 12.5. The highest BCUT2D eigenvalue weighted by molar-refractivity contribution is 6.11. The van der Waals surface area contributed by atoms with Crippen LogP contribution in [0.4, 0.5) is 0 Å². The molecule has 0 aromatic heterocycles. The van der Waals surface area contributed by atoms with Crippen LogP contribution < -0.4 is 4.74 Å². The summed E-state index contributed by atoms with van der Waals surface area (Å²) in [6.45, 7) is 0.534. The third kappa shape index (κ3) is 1.70. The maximum Gasteiger partial charge on any atom is 0.196 e. The lowest BCUT2D eigenvalue weighted by Gasteiger charge is -2.04. The van der Waals surface area contributed by atoms with Crippen LogP contribution in [-0.2, 0) is 6.61 Å². The Bertz CT molecular complexity index is 627. The first-order valence-corrected chi connectivity index (χ1v) is 5.63. The zero-order valence-electron chi connectivity index (χ0n) is 9.55. The number of ketones is 1. The Morgan fingerprint density at radius 2 is 1.89 bits per heavy atom. The van der Waals surface area contributed by atoms with Crippen molar-refractivity contribution in [2.24, 2.45) is 0 Å². The normalized spacial score (nSPS) is 12.0. The predicted molar refractivity (Wildman–Crippen MR) is 66.0 cm³/mol. The molecule has 3 rings (SSSR count). The number of hydrogen-bond donors (Lipinski definition) is 0. The van der Waals surface area contributed by atoms with Gasteiger partial charge >= 0.3 is 0 Å². The summed E-state index contributed by atoms with van der Waals surface area (Å²) >= 11 is 0. The van der Waals surface area contributed by atoms with Gasteiger partial charge in [0.1, 0.15) is 18.6 Å². The molecule has 0 amide bonds. The number of carbonyl (C=O) groups excluding carboxylic acids is 2. The van der Waals surface area contributed by atoms with Crippen LogP contribution in [0.2, 0.25) is 0 Å². The monoisotopic (exact) mass is 238 g/mol. The fourth-order valence-electron chi connectivity index (χ4n) is 1.99. The molecule has 2 aromatic rings. The molecule has 0 N–H and O–H groups in total. The Hall–Kier alpha value is -2.42. The third-order valence-corrected chi connectivity index (χ3v) is 2.99. The Morgan fingerprint density at radius 1 is 1.11 bits per heavy atom. The largest absolute Gasteiger partial charge is 0.488 e. The highest BCUT2D eigenvalue weighted by Crippen LogP contribution is 2.29. The number of carbonyl (C=O) groups is 2. The molecule has 2 aromatic carbocycles. The van der Waals surface area contributed by atoms with Crippen LogP contribution >= 0.6 is 0 Å². The first-order chi connectivity index (χ1) is 8.78. The lowest BCUT2D eigenvalue weighted by atomic mass is 10.0. The van der Waals surface area contributed by atoms with Gasteiger partial charge < -0.3 is 4.74 Å². The third-order valence-electron chi connectivity index (χ3n) is 2.99. The van der Waals surface area contributed by atoms with Gasteiger partial charge in [0.2, 0.25) is 0 Å². The van der Waals surface area contributed by atoms with E-state index in [1.54, 1.807) is 30.3 Å². The second kappa shape index (κ2) is 4.11. The summed E-state index contributed by atoms with van der Waals surface area (Å²) in [7, 11) is 0. The van der Waals surface area contributed by atoms with Crippen molar-refractivity contribution in [1.82, 2.24) is 0 Å². The summed E-state index contributed by atoms with van der Waals surface area (Å²) in [5.41, 5.74) is 2.76. The summed E-state index contributed by atoms with van der Waals surface area (Å²) in [5, 5.41) is 0. The lowest BCUT2D eigenvalue weighted by Crippen LogP contribution is -2.02. The van der Waals surface area contributed by atoms with Crippen molar-refractivity contribution in [1.29, 1.82) is 0 Å². The summed E-state index contributed by atoms with van der Waals surface area (Å²) in [5.74, 6) is 0.549. The molecule has 0 atom stereocenters. The molecule has 0 unspecified atom stereocenters. The number of ether oxygens (including phenoxy) is 1. The molecular weight excluding hydrogens is 228 g/mol. The van der Waals surface area contributed by atoms with Gasteiger partial charge in [-0.3, -0.25) is 9.59 Å². The number of aldehydes is 1. The molecule has 0 fully saturated rings. The summed E-state index contributed by atoms with van der Waals surface area (Å²) in [6.07, 6.45) is 0.756. The molecule has 18 heavy (non-hydrogen) atoms. The van der Waals surface area contributed by atoms with Gasteiger partial charge in [0.05, 0.1) is 5.56 Å². The summed E-state index contributed by atoms with van der Waals surface area (Å²) in [6, 6.07) is 12.1. The van der Waals surface area contributed by atoms with Crippen LogP contribution in [0, 0.1) is 0 Å². The van der Waals surface area contributed by atoms with Crippen LogP contribution in [0.15, 0.2) is 42.5 Å². The molecule has 0 spiro atoms. The Labute approximate surface area is 104 Å². The predicted octanol–water partition coefficient (Wildman–Crippen LogP) is 2.62. The van der Waals surface area contributed by atoms with E-state index in [0.717, 1.165) is 11.8 Å². The molecule has 3 heteroatoms. The molecule has 3 nitrogen and oxygen atoms in total. The van der Waals surface area contributed by atoms with E-state index in [1.807, 2.05) is 12.1 Å². The van der Waals surface area contributed by atoms with Crippen LogP contribution in [0.1, 0.15) is 31.8 Å². The van der Waals surface area contributed by atoms with Gasteiger partial charge in [-0.25, -0.2) is 0 Å². The zero-order valence-corrected chi connectivity index (χ0v) is 9.55. The van der Waals surface area contributed by atoms with Gasteiger partial charge in [0.25, 0.3) is 0 Å². The van der Waals surface area contributed by atoms with Crippen molar-refractivity contribution in [3.8, 4) is 5.75 Å². The average molecular weight is 238 g/mol. The second-order valence-corrected chi connectivity index (χ2v) is 4.19. The van der Waals surface area contributed by atoms with Crippen molar-refractivity contribution in [2.75, 3.05) is 0 Å². The minimum atomic E-state index is -0.0871. The highest BCUT2D eigenvalue weighted by atomic mass is 16.5. The van der Waals surface area contributed by atoms with E-state index in [2.05, 4.69) is 0 Å². The second-order valence-electron chi connectivity index (χ2n) is 4.19. The van der Waals surface area contributed by atoms with Gasteiger partial charge in [0.15, 0.2) is 5.78 Å². The molecule has 1 aliphatic rings. The summed E-state index contributed by atoms with van der Waals surface area (Å²) in [4.78, 5) is 22.8. The molecule has 2 bridgehead atoms.